The van der Waals surface area contributed by atoms with Gasteiger partial charge in [-0.1, -0.05) is 30.4 Å². The lowest BCUT2D eigenvalue weighted by atomic mass is 10.1. The molecule has 6 heteroatoms. The molecule has 2 amide bonds. The molecule has 1 aromatic heterocycles. The zero-order valence-corrected chi connectivity index (χ0v) is 13.4. The normalized spacial score (nSPS) is 14.6. The van der Waals surface area contributed by atoms with Gasteiger partial charge in [-0.15, -0.1) is 0 Å². The summed E-state index contributed by atoms with van der Waals surface area (Å²) in [7, 11) is 0. The summed E-state index contributed by atoms with van der Waals surface area (Å²) in [5.74, 6) is -0.0756. The van der Waals surface area contributed by atoms with Crippen molar-refractivity contribution in [2.24, 2.45) is 0 Å². The first kappa shape index (κ1) is 15.4. The zero-order valence-electron chi connectivity index (χ0n) is 12.6. The van der Waals surface area contributed by atoms with Gasteiger partial charge < -0.3 is 14.8 Å². The number of rotatable bonds is 2. The maximum Gasteiger partial charge on any atom is 0.256 e. The Morgan fingerprint density at radius 3 is 2.09 bits per heavy atom. The molecule has 1 N–H and O–H groups in total. The average Bonchev–Trinajstić information content (AvgIpc) is 2.62. The van der Waals surface area contributed by atoms with E-state index in [1.54, 1.807) is 28.1 Å². The number of pyridine rings is 1. The predicted molar refractivity (Wildman–Crippen MR) is 89.9 cm³/mol. The van der Waals surface area contributed by atoms with Crippen molar-refractivity contribution in [3.63, 3.8) is 0 Å². The molecule has 1 aliphatic heterocycles. The molecular weight excluding hydrogens is 310 g/mol. The number of amides is 2. The van der Waals surface area contributed by atoms with Crippen molar-refractivity contribution >= 4 is 24.0 Å². The van der Waals surface area contributed by atoms with E-state index < -0.39 is 0 Å². The molecule has 1 aromatic carbocycles. The van der Waals surface area contributed by atoms with Crippen molar-refractivity contribution in [3.8, 4) is 0 Å². The predicted octanol–water partition coefficient (Wildman–Crippen LogP) is 2.34. The Balaban J connectivity index is 1.65. The van der Waals surface area contributed by atoms with Crippen LogP contribution in [0.1, 0.15) is 20.7 Å². The number of nitrogens with one attached hydrogen (secondary N) is 1. The van der Waals surface area contributed by atoms with Crippen molar-refractivity contribution < 1.29 is 9.59 Å². The van der Waals surface area contributed by atoms with Crippen LogP contribution in [0.3, 0.4) is 0 Å². The Morgan fingerprint density at radius 1 is 0.870 bits per heavy atom. The highest BCUT2D eigenvalue weighted by molar-refractivity contribution is 7.71. The number of carbonyl (C=O) groups is 2. The van der Waals surface area contributed by atoms with E-state index in [0.29, 0.717) is 41.9 Å². The van der Waals surface area contributed by atoms with Crippen LogP contribution in [0.15, 0.2) is 48.7 Å². The second kappa shape index (κ2) is 6.75. The van der Waals surface area contributed by atoms with Crippen molar-refractivity contribution in [1.82, 2.24) is 14.8 Å². The van der Waals surface area contributed by atoms with Gasteiger partial charge in [-0.3, -0.25) is 9.59 Å². The first-order valence-electron chi connectivity index (χ1n) is 7.48. The van der Waals surface area contributed by atoms with Crippen LogP contribution < -0.4 is 0 Å². The van der Waals surface area contributed by atoms with Crippen LogP contribution in [0.4, 0.5) is 0 Å². The molecule has 0 aliphatic carbocycles. The Hall–Kier alpha value is -2.47. The number of H-pyrrole nitrogens is 1. The lowest BCUT2D eigenvalue weighted by Crippen LogP contribution is -2.50. The van der Waals surface area contributed by atoms with Gasteiger partial charge in [0.2, 0.25) is 0 Å². The van der Waals surface area contributed by atoms with Gasteiger partial charge >= 0.3 is 0 Å². The molecule has 5 nitrogen and oxygen atoms in total. The summed E-state index contributed by atoms with van der Waals surface area (Å²) in [5, 5.41) is 0. The summed E-state index contributed by atoms with van der Waals surface area (Å²) < 4.78 is 0.445. The summed E-state index contributed by atoms with van der Waals surface area (Å²) in [4.78, 5) is 31.3. The highest BCUT2D eigenvalue weighted by atomic mass is 32.1. The molecule has 2 heterocycles. The largest absolute Gasteiger partial charge is 0.352 e. The summed E-state index contributed by atoms with van der Waals surface area (Å²) in [5.41, 5.74) is 1.18. The van der Waals surface area contributed by atoms with Crippen molar-refractivity contribution in [3.05, 3.63) is 64.4 Å². The van der Waals surface area contributed by atoms with Gasteiger partial charge in [-0.25, -0.2) is 0 Å². The van der Waals surface area contributed by atoms with E-state index in [4.69, 9.17) is 12.2 Å². The van der Waals surface area contributed by atoms with Crippen LogP contribution in [-0.4, -0.2) is 52.8 Å². The molecule has 1 saturated heterocycles. The minimum absolute atomic E-state index is 0.00898. The summed E-state index contributed by atoms with van der Waals surface area (Å²) in [6.45, 7) is 2.09. The maximum atomic E-state index is 12.5. The van der Waals surface area contributed by atoms with Gasteiger partial charge in [0, 0.05) is 37.9 Å². The van der Waals surface area contributed by atoms with Crippen LogP contribution in [0, 0.1) is 4.64 Å². The van der Waals surface area contributed by atoms with Gasteiger partial charge in [0.15, 0.2) is 0 Å². The Kier molecular flexibility index (Phi) is 4.52. The standard InChI is InChI=1S/C17H17N3O2S/c21-16(13-5-2-1-3-6-13)19-9-11-20(12-10-19)17(22)14-7-4-8-18-15(14)23/h1-8H,9-12H2,(H,18,23). The molecular formula is C17H17N3O2S. The number of hydrogen-bond acceptors (Lipinski definition) is 3. The summed E-state index contributed by atoms with van der Waals surface area (Å²) in [6, 6.07) is 12.7. The summed E-state index contributed by atoms with van der Waals surface area (Å²) in [6.07, 6.45) is 1.70. The van der Waals surface area contributed by atoms with E-state index in [1.165, 1.54) is 0 Å². The molecule has 0 spiro atoms. The van der Waals surface area contributed by atoms with E-state index in [-0.39, 0.29) is 11.8 Å². The smallest absolute Gasteiger partial charge is 0.256 e. The lowest BCUT2D eigenvalue weighted by Gasteiger charge is -2.34. The van der Waals surface area contributed by atoms with Crippen LogP contribution in [0.2, 0.25) is 0 Å². The van der Waals surface area contributed by atoms with E-state index in [0.717, 1.165) is 0 Å². The first-order valence-corrected chi connectivity index (χ1v) is 7.89. The molecule has 1 aliphatic rings. The molecule has 23 heavy (non-hydrogen) atoms. The van der Waals surface area contributed by atoms with Crippen molar-refractivity contribution in [1.29, 1.82) is 0 Å². The Labute approximate surface area is 139 Å². The molecule has 0 unspecified atom stereocenters. The molecule has 118 valence electrons. The molecule has 3 rings (SSSR count). The fourth-order valence-corrected chi connectivity index (χ4v) is 2.86. The van der Waals surface area contributed by atoms with Crippen LogP contribution in [0.5, 0.6) is 0 Å². The minimum Gasteiger partial charge on any atom is -0.352 e. The zero-order chi connectivity index (χ0) is 16.2. The molecule has 2 aromatic rings. The van der Waals surface area contributed by atoms with Gasteiger partial charge in [-0.05, 0) is 24.3 Å². The third-order valence-electron chi connectivity index (χ3n) is 3.92. The van der Waals surface area contributed by atoms with E-state index in [2.05, 4.69) is 4.98 Å². The summed E-state index contributed by atoms with van der Waals surface area (Å²) >= 11 is 5.16. The van der Waals surface area contributed by atoms with Gasteiger partial charge in [0.25, 0.3) is 11.8 Å². The molecule has 0 radical (unpaired) electrons. The van der Waals surface area contributed by atoms with Gasteiger partial charge in [-0.2, -0.15) is 0 Å². The number of benzene rings is 1. The van der Waals surface area contributed by atoms with Gasteiger partial charge in [0.1, 0.15) is 4.64 Å². The van der Waals surface area contributed by atoms with E-state index in [1.807, 2.05) is 30.3 Å². The Bertz CT molecular complexity index is 765. The molecule has 0 saturated carbocycles. The number of nitrogens with zero attached hydrogens (tertiary/aromatic N) is 2. The second-order valence-electron chi connectivity index (χ2n) is 5.36. The number of carbonyl (C=O) groups excluding carboxylic acids is 2. The molecule has 1 fully saturated rings. The third kappa shape index (κ3) is 3.32. The quantitative estimate of drug-likeness (QED) is 0.862. The van der Waals surface area contributed by atoms with E-state index >= 15 is 0 Å². The fraction of sp³-hybridized carbons (Fsp3) is 0.235. The molecule has 0 bridgehead atoms. The van der Waals surface area contributed by atoms with Crippen molar-refractivity contribution in [2.45, 2.75) is 0 Å². The van der Waals surface area contributed by atoms with E-state index in [9.17, 15) is 9.59 Å². The highest BCUT2D eigenvalue weighted by Gasteiger charge is 2.25. The maximum absolute atomic E-state index is 12.5. The van der Waals surface area contributed by atoms with Crippen LogP contribution in [-0.2, 0) is 0 Å². The fourth-order valence-electron chi connectivity index (χ4n) is 2.64. The number of hydrogen-bond donors (Lipinski definition) is 1. The number of piperazine rings is 1. The third-order valence-corrected chi connectivity index (χ3v) is 4.26. The number of aromatic amines is 1. The first-order chi connectivity index (χ1) is 11.2. The topological polar surface area (TPSA) is 56.4 Å². The minimum atomic E-state index is -0.0846. The SMILES string of the molecule is O=C(c1ccccc1)N1CCN(C(=O)c2ccc[nH]c2=S)CC1. The second-order valence-corrected chi connectivity index (χ2v) is 5.77. The van der Waals surface area contributed by atoms with Crippen LogP contribution >= 0.6 is 12.2 Å². The monoisotopic (exact) mass is 327 g/mol. The number of aromatic nitrogens is 1. The highest BCUT2D eigenvalue weighted by Crippen LogP contribution is 2.12. The lowest BCUT2D eigenvalue weighted by molar-refractivity contribution is 0.0535. The molecule has 0 atom stereocenters. The average molecular weight is 327 g/mol. The Morgan fingerprint density at radius 2 is 1.48 bits per heavy atom. The van der Waals surface area contributed by atoms with Crippen molar-refractivity contribution in [2.75, 3.05) is 26.2 Å². The van der Waals surface area contributed by atoms with Gasteiger partial charge in [0.05, 0.1) is 5.56 Å². The van der Waals surface area contributed by atoms with Crippen LogP contribution in [0.25, 0.3) is 0 Å².